The molecule has 1 rings (SSSR count). The van der Waals surface area contributed by atoms with Crippen LogP contribution in [0.15, 0.2) is 0 Å². The van der Waals surface area contributed by atoms with Crippen molar-refractivity contribution in [3.8, 4) is 0 Å². The number of nitrogens with two attached hydrogens (primary N) is 1. The second-order valence-corrected chi connectivity index (χ2v) is 5.54. The van der Waals surface area contributed by atoms with Gasteiger partial charge in [-0.3, -0.25) is 4.79 Å². The van der Waals surface area contributed by atoms with E-state index in [9.17, 15) is 4.79 Å². The lowest BCUT2D eigenvalue weighted by Gasteiger charge is -2.36. The molecule has 0 saturated heterocycles. The number of nitrogens with zero attached hydrogens (tertiary/aromatic N) is 1. The quantitative estimate of drug-likeness (QED) is 0.772. The van der Waals surface area contributed by atoms with Gasteiger partial charge < -0.3 is 15.7 Å². The molecule has 17 heavy (non-hydrogen) atoms. The SMILES string of the molecule is CC1CCC(N)C(C(=O)N(CCO)C(C)C)C1. The fourth-order valence-electron chi connectivity index (χ4n) is 2.63. The predicted molar refractivity (Wildman–Crippen MR) is 68.4 cm³/mol. The van der Waals surface area contributed by atoms with Crippen molar-refractivity contribution in [2.45, 2.75) is 52.1 Å². The topological polar surface area (TPSA) is 66.6 Å². The van der Waals surface area contributed by atoms with Crippen LogP contribution in [-0.4, -0.2) is 41.1 Å². The Morgan fingerprint density at radius 3 is 2.65 bits per heavy atom. The molecule has 0 aromatic rings. The molecule has 0 aromatic heterocycles. The highest BCUT2D eigenvalue weighted by molar-refractivity contribution is 5.80. The van der Waals surface area contributed by atoms with Crippen molar-refractivity contribution in [3.05, 3.63) is 0 Å². The van der Waals surface area contributed by atoms with Crippen LogP contribution in [0.5, 0.6) is 0 Å². The summed E-state index contributed by atoms with van der Waals surface area (Å²) in [6, 6.07) is 0.109. The standard InChI is InChI=1S/C13H26N2O2/c1-9(2)15(6-7-16)13(17)11-8-10(3)4-5-12(11)14/h9-12,16H,4-8,14H2,1-3H3. The molecule has 1 saturated carbocycles. The molecule has 3 atom stereocenters. The summed E-state index contributed by atoms with van der Waals surface area (Å²) in [7, 11) is 0. The van der Waals surface area contributed by atoms with E-state index < -0.39 is 0 Å². The number of hydrogen-bond donors (Lipinski definition) is 2. The Hall–Kier alpha value is -0.610. The van der Waals surface area contributed by atoms with Crippen LogP contribution in [0.3, 0.4) is 0 Å². The lowest BCUT2D eigenvalue weighted by atomic mass is 9.78. The lowest BCUT2D eigenvalue weighted by molar-refractivity contribution is -0.140. The minimum Gasteiger partial charge on any atom is -0.395 e. The Kier molecular flexibility index (Phi) is 5.40. The lowest BCUT2D eigenvalue weighted by Crippen LogP contribution is -2.49. The van der Waals surface area contributed by atoms with Gasteiger partial charge in [-0.05, 0) is 39.0 Å². The first-order valence-electron chi connectivity index (χ1n) is 6.64. The summed E-state index contributed by atoms with van der Waals surface area (Å²) in [4.78, 5) is 14.2. The molecule has 3 N–H and O–H groups in total. The molecule has 0 radical (unpaired) electrons. The van der Waals surface area contributed by atoms with Gasteiger partial charge in [0.25, 0.3) is 0 Å². The van der Waals surface area contributed by atoms with E-state index in [0.717, 1.165) is 19.3 Å². The van der Waals surface area contributed by atoms with Crippen molar-refractivity contribution in [3.63, 3.8) is 0 Å². The van der Waals surface area contributed by atoms with Crippen LogP contribution in [0.2, 0.25) is 0 Å². The van der Waals surface area contributed by atoms with Crippen molar-refractivity contribution >= 4 is 5.91 Å². The number of amides is 1. The van der Waals surface area contributed by atoms with Gasteiger partial charge in [0, 0.05) is 18.6 Å². The predicted octanol–water partition coefficient (Wildman–Crippen LogP) is 0.979. The van der Waals surface area contributed by atoms with E-state index in [2.05, 4.69) is 6.92 Å². The van der Waals surface area contributed by atoms with Gasteiger partial charge in [0.2, 0.25) is 5.91 Å². The molecule has 0 spiro atoms. The van der Waals surface area contributed by atoms with E-state index in [4.69, 9.17) is 10.8 Å². The fourth-order valence-corrected chi connectivity index (χ4v) is 2.63. The molecule has 1 fully saturated rings. The Balaban J connectivity index is 2.71. The summed E-state index contributed by atoms with van der Waals surface area (Å²) >= 11 is 0. The van der Waals surface area contributed by atoms with E-state index in [1.807, 2.05) is 13.8 Å². The molecule has 1 aliphatic rings. The Morgan fingerprint density at radius 2 is 2.12 bits per heavy atom. The Morgan fingerprint density at radius 1 is 1.47 bits per heavy atom. The van der Waals surface area contributed by atoms with E-state index in [-0.39, 0.29) is 30.5 Å². The molecule has 0 heterocycles. The first-order chi connectivity index (χ1) is 7.97. The highest BCUT2D eigenvalue weighted by Crippen LogP contribution is 2.29. The van der Waals surface area contributed by atoms with E-state index >= 15 is 0 Å². The molecule has 4 nitrogen and oxygen atoms in total. The summed E-state index contributed by atoms with van der Waals surface area (Å²) in [5.74, 6) is 0.632. The van der Waals surface area contributed by atoms with Crippen LogP contribution in [-0.2, 0) is 4.79 Å². The average molecular weight is 242 g/mol. The molecule has 0 aromatic carbocycles. The Labute approximate surface area is 104 Å². The normalized spacial score (nSPS) is 29.4. The van der Waals surface area contributed by atoms with E-state index in [1.54, 1.807) is 4.90 Å². The maximum absolute atomic E-state index is 12.4. The highest BCUT2D eigenvalue weighted by Gasteiger charge is 2.34. The highest BCUT2D eigenvalue weighted by atomic mass is 16.3. The number of hydrogen-bond acceptors (Lipinski definition) is 3. The van der Waals surface area contributed by atoms with Gasteiger partial charge in [0.15, 0.2) is 0 Å². The molecule has 4 heteroatoms. The second kappa shape index (κ2) is 6.36. The Bertz CT molecular complexity index is 256. The summed E-state index contributed by atoms with van der Waals surface area (Å²) in [5.41, 5.74) is 6.07. The number of carbonyl (C=O) groups excluding carboxylic acids is 1. The van der Waals surface area contributed by atoms with Crippen molar-refractivity contribution < 1.29 is 9.90 Å². The summed E-state index contributed by atoms with van der Waals surface area (Å²) < 4.78 is 0. The van der Waals surface area contributed by atoms with Crippen LogP contribution in [0.1, 0.15) is 40.0 Å². The zero-order valence-corrected chi connectivity index (χ0v) is 11.2. The average Bonchev–Trinajstić information content (AvgIpc) is 2.28. The van der Waals surface area contributed by atoms with Crippen molar-refractivity contribution in [1.82, 2.24) is 4.90 Å². The third kappa shape index (κ3) is 3.68. The third-order valence-electron chi connectivity index (χ3n) is 3.73. The molecular weight excluding hydrogens is 216 g/mol. The van der Waals surface area contributed by atoms with Crippen LogP contribution in [0.4, 0.5) is 0 Å². The molecule has 1 aliphatic carbocycles. The van der Waals surface area contributed by atoms with Crippen LogP contribution in [0.25, 0.3) is 0 Å². The third-order valence-corrected chi connectivity index (χ3v) is 3.73. The van der Waals surface area contributed by atoms with Crippen molar-refractivity contribution in [2.75, 3.05) is 13.2 Å². The van der Waals surface area contributed by atoms with Crippen molar-refractivity contribution in [1.29, 1.82) is 0 Å². The molecule has 100 valence electrons. The fraction of sp³-hybridized carbons (Fsp3) is 0.923. The van der Waals surface area contributed by atoms with Crippen LogP contribution in [0, 0.1) is 11.8 Å². The van der Waals surface area contributed by atoms with Crippen LogP contribution >= 0.6 is 0 Å². The first-order valence-corrected chi connectivity index (χ1v) is 6.64. The summed E-state index contributed by atoms with van der Waals surface area (Å²) in [5, 5.41) is 9.03. The minimum atomic E-state index is -0.0623. The first kappa shape index (κ1) is 14.5. The summed E-state index contributed by atoms with van der Waals surface area (Å²) in [6.07, 6.45) is 2.93. The van der Waals surface area contributed by atoms with Gasteiger partial charge in [-0.2, -0.15) is 0 Å². The monoisotopic (exact) mass is 242 g/mol. The van der Waals surface area contributed by atoms with Gasteiger partial charge in [-0.1, -0.05) is 6.92 Å². The number of carbonyl (C=O) groups is 1. The maximum atomic E-state index is 12.4. The smallest absolute Gasteiger partial charge is 0.227 e. The van der Waals surface area contributed by atoms with Gasteiger partial charge >= 0.3 is 0 Å². The van der Waals surface area contributed by atoms with Gasteiger partial charge in [0.05, 0.1) is 12.5 Å². The zero-order valence-electron chi connectivity index (χ0n) is 11.2. The second-order valence-electron chi connectivity index (χ2n) is 5.54. The van der Waals surface area contributed by atoms with Crippen molar-refractivity contribution in [2.24, 2.45) is 17.6 Å². The summed E-state index contributed by atoms with van der Waals surface area (Å²) in [6.45, 7) is 6.56. The van der Waals surface area contributed by atoms with Crippen LogP contribution < -0.4 is 5.73 Å². The maximum Gasteiger partial charge on any atom is 0.227 e. The van der Waals surface area contributed by atoms with Gasteiger partial charge in [-0.15, -0.1) is 0 Å². The van der Waals surface area contributed by atoms with E-state index in [1.165, 1.54) is 0 Å². The minimum absolute atomic E-state index is 0.0151. The number of aliphatic hydroxyl groups is 1. The van der Waals surface area contributed by atoms with E-state index in [0.29, 0.717) is 12.5 Å². The molecule has 0 aliphatic heterocycles. The molecular formula is C13H26N2O2. The van der Waals surface area contributed by atoms with Gasteiger partial charge in [0.1, 0.15) is 0 Å². The number of aliphatic hydroxyl groups excluding tert-OH is 1. The molecule has 3 unspecified atom stereocenters. The molecule has 1 amide bonds. The zero-order chi connectivity index (χ0) is 13.0. The molecule has 0 bridgehead atoms. The van der Waals surface area contributed by atoms with Gasteiger partial charge in [-0.25, -0.2) is 0 Å². The largest absolute Gasteiger partial charge is 0.395 e. The number of rotatable bonds is 4.